The zero-order valence-corrected chi connectivity index (χ0v) is 16.7. The van der Waals surface area contributed by atoms with Gasteiger partial charge in [0.1, 0.15) is 18.4 Å². The quantitative estimate of drug-likeness (QED) is 0.679. The zero-order valence-electron chi connectivity index (χ0n) is 16.7. The molecule has 0 fully saturated rings. The van der Waals surface area contributed by atoms with Crippen molar-refractivity contribution in [3.05, 3.63) is 84.2 Å². The summed E-state index contributed by atoms with van der Waals surface area (Å²) in [5, 5.41) is 3.32. The van der Waals surface area contributed by atoms with Crippen LogP contribution in [0.4, 0.5) is 11.4 Å². The van der Waals surface area contributed by atoms with Gasteiger partial charge >= 0.3 is 0 Å². The Morgan fingerprint density at radius 2 is 2.00 bits per heavy atom. The summed E-state index contributed by atoms with van der Waals surface area (Å²) in [5.41, 5.74) is 3.97. The number of hydrogen-bond donors (Lipinski definition) is 1. The first-order valence-corrected chi connectivity index (χ1v) is 9.92. The molecule has 1 aliphatic rings. The van der Waals surface area contributed by atoms with Gasteiger partial charge in [-0.2, -0.15) is 0 Å². The topological polar surface area (TPSA) is 54.5 Å². The number of carbonyl (C=O) groups is 1. The first kappa shape index (κ1) is 19.0. The molecule has 0 aliphatic carbocycles. The van der Waals surface area contributed by atoms with Crippen LogP contribution in [0.2, 0.25) is 0 Å². The third kappa shape index (κ3) is 4.24. The van der Waals surface area contributed by atoms with E-state index in [1.807, 2.05) is 72.5 Å². The molecule has 29 heavy (non-hydrogen) atoms. The highest BCUT2D eigenvalue weighted by atomic mass is 16.5. The summed E-state index contributed by atoms with van der Waals surface area (Å²) in [4.78, 5) is 19.3. The fraction of sp³-hybridized carbons (Fsp3) is 0.250. The van der Waals surface area contributed by atoms with Crippen LogP contribution in [-0.4, -0.2) is 23.0 Å². The Hall–Kier alpha value is -3.34. The summed E-state index contributed by atoms with van der Waals surface area (Å²) >= 11 is 0. The Balaban J connectivity index is 1.42. The Labute approximate surface area is 171 Å². The minimum absolute atomic E-state index is 0.0715. The number of aromatic nitrogens is 1. The van der Waals surface area contributed by atoms with Crippen molar-refractivity contribution < 1.29 is 9.53 Å². The first-order valence-electron chi connectivity index (χ1n) is 9.92. The highest BCUT2D eigenvalue weighted by Gasteiger charge is 2.32. The predicted molar refractivity (Wildman–Crippen MR) is 115 cm³/mol. The van der Waals surface area contributed by atoms with Crippen LogP contribution in [0.5, 0.6) is 5.75 Å². The van der Waals surface area contributed by atoms with Crippen molar-refractivity contribution >= 4 is 17.3 Å². The molecule has 0 saturated carbocycles. The number of nitrogens with one attached hydrogen (secondary N) is 1. The van der Waals surface area contributed by atoms with Gasteiger partial charge < -0.3 is 15.0 Å². The molecular formula is C24H25N3O2. The van der Waals surface area contributed by atoms with Crippen molar-refractivity contribution in [2.24, 2.45) is 0 Å². The van der Waals surface area contributed by atoms with Gasteiger partial charge in [-0.15, -0.1) is 0 Å². The minimum atomic E-state index is -0.352. The zero-order chi connectivity index (χ0) is 20.2. The summed E-state index contributed by atoms with van der Waals surface area (Å²) in [7, 11) is 0. The van der Waals surface area contributed by atoms with Crippen LogP contribution >= 0.6 is 0 Å². The molecule has 5 heteroatoms. The molecule has 148 valence electrons. The molecule has 4 rings (SSSR count). The lowest BCUT2D eigenvalue weighted by molar-refractivity contribution is -0.119. The van der Waals surface area contributed by atoms with Crippen molar-refractivity contribution in [1.29, 1.82) is 0 Å². The number of pyridine rings is 1. The maximum Gasteiger partial charge on any atom is 0.249 e. The number of rotatable bonds is 6. The standard InChI is InChI=1S/C24H25N3O2/c1-17-14-19-8-3-4-12-23(19)27(17)24(28)18(2)26-20-10-7-11-22(15-20)29-16-21-9-5-6-13-25-21/h3-13,15,17-18,26H,14,16H2,1-2H3. The van der Waals surface area contributed by atoms with Gasteiger partial charge in [0.25, 0.3) is 0 Å². The summed E-state index contributed by atoms with van der Waals surface area (Å²) in [6.45, 7) is 4.40. The van der Waals surface area contributed by atoms with Gasteiger partial charge in [-0.3, -0.25) is 9.78 Å². The van der Waals surface area contributed by atoms with Crippen molar-refractivity contribution in [1.82, 2.24) is 4.98 Å². The molecule has 2 aromatic carbocycles. The number of amides is 1. The fourth-order valence-corrected chi connectivity index (χ4v) is 3.74. The van der Waals surface area contributed by atoms with Gasteiger partial charge in [-0.05, 0) is 56.2 Å². The maximum absolute atomic E-state index is 13.1. The van der Waals surface area contributed by atoms with Crippen molar-refractivity contribution in [2.45, 2.75) is 39.0 Å². The lowest BCUT2D eigenvalue weighted by Crippen LogP contribution is -2.44. The maximum atomic E-state index is 13.1. The smallest absolute Gasteiger partial charge is 0.249 e. The van der Waals surface area contributed by atoms with Crippen LogP contribution in [0.15, 0.2) is 72.9 Å². The minimum Gasteiger partial charge on any atom is -0.487 e. The number of ether oxygens (including phenoxy) is 1. The second-order valence-electron chi connectivity index (χ2n) is 7.39. The average Bonchev–Trinajstić information content (AvgIpc) is 3.08. The first-order chi connectivity index (χ1) is 14.1. The van der Waals surface area contributed by atoms with Crippen LogP contribution in [0, 0.1) is 0 Å². The molecule has 3 aromatic rings. The summed E-state index contributed by atoms with van der Waals surface area (Å²) in [6, 6.07) is 21.4. The molecule has 0 spiro atoms. The molecule has 1 amide bonds. The number of nitrogens with zero attached hydrogens (tertiary/aromatic N) is 2. The van der Waals surface area contributed by atoms with E-state index < -0.39 is 0 Å². The van der Waals surface area contributed by atoms with E-state index in [4.69, 9.17) is 4.74 Å². The van der Waals surface area contributed by atoms with E-state index in [1.54, 1.807) is 6.20 Å². The number of benzene rings is 2. The second-order valence-corrected chi connectivity index (χ2v) is 7.39. The molecule has 0 radical (unpaired) electrons. The Kier molecular flexibility index (Phi) is 5.47. The summed E-state index contributed by atoms with van der Waals surface area (Å²) < 4.78 is 5.84. The molecule has 0 bridgehead atoms. The Morgan fingerprint density at radius 3 is 2.83 bits per heavy atom. The third-order valence-corrected chi connectivity index (χ3v) is 5.15. The van der Waals surface area contributed by atoms with Crippen molar-refractivity contribution in [3.63, 3.8) is 0 Å². The van der Waals surface area contributed by atoms with Crippen molar-refractivity contribution in [2.75, 3.05) is 10.2 Å². The molecule has 1 N–H and O–H groups in total. The van der Waals surface area contributed by atoms with Gasteiger partial charge in [-0.25, -0.2) is 0 Å². The number of para-hydroxylation sites is 1. The molecule has 2 unspecified atom stereocenters. The van der Waals surface area contributed by atoms with E-state index in [9.17, 15) is 4.79 Å². The van der Waals surface area contributed by atoms with E-state index in [-0.39, 0.29) is 18.0 Å². The van der Waals surface area contributed by atoms with E-state index in [0.29, 0.717) is 6.61 Å². The number of fused-ring (bicyclic) bond motifs is 1. The van der Waals surface area contributed by atoms with E-state index >= 15 is 0 Å². The van der Waals surface area contributed by atoms with Gasteiger partial charge in [-0.1, -0.05) is 30.3 Å². The molecule has 1 aromatic heterocycles. The second kappa shape index (κ2) is 8.35. The molecule has 2 heterocycles. The Morgan fingerprint density at radius 1 is 1.17 bits per heavy atom. The van der Waals surface area contributed by atoms with E-state index in [1.165, 1.54) is 5.56 Å². The molecular weight excluding hydrogens is 362 g/mol. The van der Waals surface area contributed by atoms with Crippen LogP contribution in [0.1, 0.15) is 25.1 Å². The van der Waals surface area contributed by atoms with Crippen LogP contribution in [0.25, 0.3) is 0 Å². The van der Waals surface area contributed by atoms with Crippen LogP contribution < -0.4 is 15.0 Å². The number of carbonyl (C=O) groups excluding carboxylic acids is 1. The van der Waals surface area contributed by atoms with Gasteiger partial charge in [0, 0.05) is 29.7 Å². The highest BCUT2D eigenvalue weighted by molar-refractivity contribution is 6.00. The normalized spacial score (nSPS) is 16.2. The predicted octanol–water partition coefficient (Wildman–Crippen LogP) is 4.44. The fourth-order valence-electron chi connectivity index (χ4n) is 3.74. The summed E-state index contributed by atoms with van der Waals surface area (Å²) in [5.74, 6) is 0.808. The Bertz CT molecular complexity index is 990. The van der Waals surface area contributed by atoms with E-state index in [0.717, 1.165) is 29.2 Å². The largest absolute Gasteiger partial charge is 0.487 e. The molecule has 2 atom stereocenters. The average molecular weight is 387 g/mol. The number of hydrogen-bond acceptors (Lipinski definition) is 4. The highest BCUT2D eigenvalue weighted by Crippen LogP contribution is 2.32. The lowest BCUT2D eigenvalue weighted by Gasteiger charge is -2.27. The SMILES string of the molecule is CC(Nc1cccc(OCc2ccccn2)c1)C(=O)N1c2ccccc2CC1C. The van der Waals surface area contributed by atoms with Crippen LogP contribution in [0.3, 0.4) is 0 Å². The van der Waals surface area contributed by atoms with Gasteiger partial charge in [0.05, 0.1) is 5.69 Å². The van der Waals surface area contributed by atoms with Gasteiger partial charge in [0.2, 0.25) is 5.91 Å². The van der Waals surface area contributed by atoms with Crippen molar-refractivity contribution in [3.8, 4) is 5.75 Å². The number of anilines is 2. The van der Waals surface area contributed by atoms with E-state index in [2.05, 4.69) is 23.3 Å². The molecule has 1 aliphatic heterocycles. The van der Waals surface area contributed by atoms with Crippen LogP contribution in [-0.2, 0) is 17.8 Å². The summed E-state index contributed by atoms with van der Waals surface area (Å²) in [6.07, 6.45) is 2.65. The monoisotopic (exact) mass is 387 g/mol. The third-order valence-electron chi connectivity index (χ3n) is 5.15. The molecule has 0 saturated heterocycles. The molecule has 5 nitrogen and oxygen atoms in total. The van der Waals surface area contributed by atoms with Gasteiger partial charge in [0.15, 0.2) is 0 Å². The lowest BCUT2D eigenvalue weighted by atomic mass is 10.1.